The molecule has 0 saturated carbocycles. The summed E-state index contributed by atoms with van der Waals surface area (Å²) in [6, 6.07) is 16.9. The van der Waals surface area contributed by atoms with E-state index >= 15 is 0 Å². The van der Waals surface area contributed by atoms with Gasteiger partial charge >= 0.3 is 6.09 Å². The molecule has 0 radical (unpaired) electrons. The summed E-state index contributed by atoms with van der Waals surface area (Å²) in [5.41, 5.74) is 8.23. The number of fused-ring (bicyclic) bond motifs is 1. The van der Waals surface area contributed by atoms with Gasteiger partial charge in [0, 0.05) is 17.3 Å². The van der Waals surface area contributed by atoms with Crippen LogP contribution >= 0.6 is 0 Å². The van der Waals surface area contributed by atoms with Crippen molar-refractivity contribution in [1.29, 1.82) is 0 Å². The number of benzene rings is 2. The minimum atomic E-state index is -0.408. The highest BCUT2D eigenvalue weighted by molar-refractivity contribution is 5.96. The second-order valence-electron chi connectivity index (χ2n) is 4.51. The summed E-state index contributed by atoms with van der Waals surface area (Å²) >= 11 is 0. The molecular formula is C16H14N2O2. The number of carbonyl (C=O) groups is 1. The molecule has 0 spiro atoms. The Kier molecular flexibility index (Phi) is 3.13. The zero-order valence-electron chi connectivity index (χ0n) is 10.8. The number of nitrogens with zero attached hydrogens (tertiary/aromatic N) is 1. The van der Waals surface area contributed by atoms with Gasteiger partial charge in [-0.3, -0.25) is 4.57 Å². The maximum Gasteiger partial charge on any atom is 0.418 e. The fraction of sp³-hybridized carbons (Fsp3) is 0.0625. The van der Waals surface area contributed by atoms with E-state index in [4.69, 9.17) is 10.5 Å². The lowest BCUT2D eigenvalue weighted by Gasteiger charge is -2.07. The quantitative estimate of drug-likeness (QED) is 0.723. The van der Waals surface area contributed by atoms with Crippen molar-refractivity contribution in [2.45, 2.75) is 6.61 Å². The maximum atomic E-state index is 12.1. The van der Waals surface area contributed by atoms with E-state index in [1.54, 1.807) is 6.20 Å². The highest BCUT2D eigenvalue weighted by Gasteiger charge is 2.11. The van der Waals surface area contributed by atoms with E-state index in [1.807, 2.05) is 54.6 Å². The molecule has 2 aromatic carbocycles. The van der Waals surface area contributed by atoms with E-state index in [9.17, 15) is 4.79 Å². The van der Waals surface area contributed by atoms with E-state index in [-0.39, 0.29) is 6.61 Å². The summed E-state index contributed by atoms with van der Waals surface area (Å²) in [6.45, 7) is 0.252. The Hall–Kier alpha value is -2.75. The van der Waals surface area contributed by atoms with Crippen molar-refractivity contribution in [2.24, 2.45) is 0 Å². The Morgan fingerprint density at radius 2 is 1.85 bits per heavy atom. The van der Waals surface area contributed by atoms with Crippen LogP contribution in [0, 0.1) is 0 Å². The fourth-order valence-electron chi connectivity index (χ4n) is 2.14. The number of aromatic nitrogens is 1. The highest BCUT2D eigenvalue weighted by Crippen LogP contribution is 2.22. The van der Waals surface area contributed by atoms with Crippen molar-refractivity contribution in [2.75, 3.05) is 5.73 Å². The predicted molar refractivity (Wildman–Crippen MR) is 78.4 cm³/mol. The Morgan fingerprint density at radius 1 is 1.05 bits per heavy atom. The molecule has 4 heteroatoms. The molecule has 2 N–H and O–H groups in total. The van der Waals surface area contributed by atoms with Gasteiger partial charge in [0.05, 0.1) is 5.52 Å². The number of hydrogen-bond donors (Lipinski definition) is 1. The standard InChI is InChI=1S/C16H14N2O2/c17-14-7-4-8-15-13(14)9-10-18(15)16(19)20-11-12-5-2-1-3-6-12/h1-10H,11,17H2. The van der Waals surface area contributed by atoms with Gasteiger partial charge in [0.1, 0.15) is 6.61 Å². The minimum absolute atomic E-state index is 0.252. The summed E-state index contributed by atoms with van der Waals surface area (Å²) in [5, 5.41) is 0.851. The lowest BCUT2D eigenvalue weighted by atomic mass is 10.2. The molecule has 0 amide bonds. The first-order chi connectivity index (χ1) is 9.75. The van der Waals surface area contributed by atoms with Crippen LogP contribution in [-0.2, 0) is 11.3 Å². The van der Waals surface area contributed by atoms with Gasteiger partial charge in [-0.05, 0) is 23.8 Å². The van der Waals surface area contributed by atoms with E-state index in [0.717, 1.165) is 16.5 Å². The van der Waals surface area contributed by atoms with Crippen LogP contribution in [0.1, 0.15) is 5.56 Å². The summed E-state index contributed by atoms with van der Waals surface area (Å²) < 4.78 is 6.77. The second-order valence-corrected chi connectivity index (χ2v) is 4.51. The molecule has 100 valence electrons. The van der Waals surface area contributed by atoms with Crippen molar-refractivity contribution in [1.82, 2.24) is 4.57 Å². The van der Waals surface area contributed by atoms with Crippen LogP contribution < -0.4 is 5.73 Å². The highest BCUT2D eigenvalue weighted by atomic mass is 16.5. The molecular weight excluding hydrogens is 252 g/mol. The number of nitrogens with two attached hydrogens (primary N) is 1. The summed E-state index contributed by atoms with van der Waals surface area (Å²) in [5.74, 6) is 0. The van der Waals surface area contributed by atoms with Crippen LogP contribution in [0.3, 0.4) is 0 Å². The molecule has 0 saturated heterocycles. The topological polar surface area (TPSA) is 57.2 Å². The Morgan fingerprint density at radius 3 is 2.65 bits per heavy atom. The number of ether oxygens (including phenoxy) is 1. The molecule has 0 aliphatic rings. The molecule has 3 rings (SSSR count). The van der Waals surface area contributed by atoms with Crippen molar-refractivity contribution in [3.63, 3.8) is 0 Å². The lowest BCUT2D eigenvalue weighted by Crippen LogP contribution is -2.12. The summed E-state index contributed by atoms with van der Waals surface area (Å²) in [6.07, 6.45) is 1.27. The average molecular weight is 266 g/mol. The zero-order chi connectivity index (χ0) is 13.9. The average Bonchev–Trinajstić information content (AvgIpc) is 2.91. The first kappa shape index (κ1) is 12.3. The third kappa shape index (κ3) is 2.23. The SMILES string of the molecule is Nc1cccc2c1ccn2C(=O)OCc1ccccc1. The lowest BCUT2D eigenvalue weighted by molar-refractivity contribution is 0.142. The number of rotatable bonds is 2. The summed E-state index contributed by atoms with van der Waals surface area (Å²) in [4.78, 5) is 12.1. The Labute approximate surface area is 116 Å². The summed E-state index contributed by atoms with van der Waals surface area (Å²) in [7, 11) is 0. The van der Waals surface area contributed by atoms with Crippen LogP contribution in [-0.4, -0.2) is 10.7 Å². The first-order valence-corrected chi connectivity index (χ1v) is 6.32. The van der Waals surface area contributed by atoms with Gasteiger partial charge in [-0.2, -0.15) is 0 Å². The smallest absolute Gasteiger partial charge is 0.418 e. The van der Waals surface area contributed by atoms with E-state index in [0.29, 0.717) is 5.69 Å². The van der Waals surface area contributed by atoms with Gasteiger partial charge < -0.3 is 10.5 Å². The largest absolute Gasteiger partial charge is 0.444 e. The van der Waals surface area contributed by atoms with Crippen molar-refractivity contribution in [3.8, 4) is 0 Å². The molecule has 1 heterocycles. The van der Waals surface area contributed by atoms with E-state index < -0.39 is 6.09 Å². The first-order valence-electron chi connectivity index (χ1n) is 6.32. The number of carbonyl (C=O) groups excluding carboxylic acids is 1. The molecule has 1 aromatic heterocycles. The molecule has 0 aliphatic heterocycles. The van der Waals surface area contributed by atoms with Crippen LogP contribution in [0.4, 0.5) is 10.5 Å². The Balaban J connectivity index is 1.81. The zero-order valence-corrected chi connectivity index (χ0v) is 10.8. The van der Waals surface area contributed by atoms with Crippen molar-refractivity contribution in [3.05, 3.63) is 66.4 Å². The number of nitrogen functional groups attached to an aromatic ring is 1. The second kappa shape index (κ2) is 5.09. The van der Waals surface area contributed by atoms with Crippen LogP contribution in [0.5, 0.6) is 0 Å². The van der Waals surface area contributed by atoms with Gasteiger partial charge in [-0.15, -0.1) is 0 Å². The molecule has 4 nitrogen and oxygen atoms in total. The van der Waals surface area contributed by atoms with Crippen LogP contribution in [0.25, 0.3) is 10.9 Å². The molecule has 0 unspecified atom stereocenters. The third-order valence-corrected chi connectivity index (χ3v) is 3.17. The molecule has 0 fully saturated rings. The molecule has 0 aliphatic carbocycles. The minimum Gasteiger partial charge on any atom is -0.444 e. The van der Waals surface area contributed by atoms with Crippen LogP contribution in [0.2, 0.25) is 0 Å². The molecule has 0 bridgehead atoms. The molecule has 0 atom stereocenters. The van der Waals surface area contributed by atoms with Gasteiger partial charge in [0.25, 0.3) is 0 Å². The fourth-order valence-corrected chi connectivity index (χ4v) is 2.14. The molecule has 20 heavy (non-hydrogen) atoms. The van der Waals surface area contributed by atoms with Gasteiger partial charge in [-0.25, -0.2) is 4.79 Å². The number of anilines is 1. The molecule has 3 aromatic rings. The maximum absolute atomic E-state index is 12.1. The van der Waals surface area contributed by atoms with Crippen molar-refractivity contribution >= 4 is 22.7 Å². The van der Waals surface area contributed by atoms with Gasteiger partial charge in [-0.1, -0.05) is 36.4 Å². The normalized spacial score (nSPS) is 10.6. The van der Waals surface area contributed by atoms with Crippen molar-refractivity contribution < 1.29 is 9.53 Å². The van der Waals surface area contributed by atoms with E-state index in [1.165, 1.54) is 4.57 Å². The predicted octanol–water partition coefficient (Wildman–Crippen LogP) is 3.41. The van der Waals surface area contributed by atoms with Gasteiger partial charge in [0.15, 0.2) is 0 Å². The monoisotopic (exact) mass is 266 g/mol. The van der Waals surface area contributed by atoms with Gasteiger partial charge in [0.2, 0.25) is 0 Å². The van der Waals surface area contributed by atoms with Crippen LogP contribution in [0.15, 0.2) is 60.8 Å². The number of hydrogen-bond acceptors (Lipinski definition) is 3. The third-order valence-electron chi connectivity index (χ3n) is 3.17. The Bertz CT molecular complexity index is 748. The van der Waals surface area contributed by atoms with E-state index in [2.05, 4.69) is 0 Å².